The number of rotatable bonds is 14. The summed E-state index contributed by atoms with van der Waals surface area (Å²) in [6.45, 7) is 11.8. The highest BCUT2D eigenvalue weighted by atomic mass is 32.2. The smallest absolute Gasteiger partial charge is 0.273 e. The topological polar surface area (TPSA) is 142 Å². The summed E-state index contributed by atoms with van der Waals surface area (Å²) in [4.78, 5) is 40.3. The van der Waals surface area contributed by atoms with Gasteiger partial charge >= 0.3 is 0 Å². The number of anilines is 1. The molecule has 10 rings (SSSR count). The maximum absolute atomic E-state index is 14.1. The molecule has 1 saturated heterocycles. The Morgan fingerprint density at radius 3 is 2.42 bits per heavy atom. The number of H-pyrrole nitrogens is 1. The van der Waals surface area contributed by atoms with Crippen LogP contribution in [0.3, 0.4) is 0 Å². The summed E-state index contributed by atoms with van der Waals surface area (Å²) in [6, 6.07) is 13.7. The Labute approximate surface area is 366 Å². The fourth-order valence-corrected chi connectivity index (χ4v) is 13.1. The molecule has 330 valence electrons. The first-order valence-electron chi connectivity index (χ1n) is 22.6. The molecule has 1 N–H and O–H groups in total. The highest BCUT2D eigenvalue weighted by molar-refractivity contribution is 7.92. The number of allylic oxidation sites excluding steroid dienone is 1. The van der Waals surface area contributed by atoms with Gasteiger partial charge in [-0.05, 0) is 137 Å². The molecule has 2 bridgehead atoms. The number of aromatic nitrogens is 2. The second kappa shape index (κ2) is 16.2. The van der Waals surface area contributed by atoms with E-state index in [0.717, 1.165) is 75.5 Å². The van der Waals surface area contributed by atoms with Crippen LogP contribution in [0.5, 0.6) is 11.5 Å². The Morgan fingerprint density at radius 1 is 0.984 bits per heavy atom. The average Bonchev–Trinajstić information content (AvgIpc) is 3.68. The molecule has 2 aromatic heterocycles. The van der Waals surface area contributed by atoms with Crippen LogP contribution in [-0.4, -0.2) is 97.5 Å². The van der Waals surface area contributed by atoms with Gasteiger partial charge in [-0.1, -0.05) is 38.0 Å². The van der Waals surface area contributed by atoms with E-state index in [9.17, 15) is 23.3 Å². The van der Waals surface area contributed by atoms with E-state index < -0.39 is 26.3 Å². The number of carbonyl (C=O) groups excluding carboxylic acids is 1. The second-order valence-corrected chi connectivity index (χ2v) is 22.7. The molecule has 1 aliphatic heterocycles. The van der Waals surface area contributed by atoms with Crippen LogP contribution in [0.2, 0.25) is 0 Å². The number of nitrogens with zero attached hydrogens (tertiary/aromatic N) is 5. The molecule has 12 nitrogen and oxygen atoms in total. The lowest BCUT2D eigenvalue weighted by atomic mass is 9.33. The van der Waals surface area contributed by atoms with Gasteiger partial charge in [-0.2, -0.15) is 0 Å². The standard InChI is InChI=1S/C49H62N6O6S/c1-47(2)16-14-36(42(26-47)49-30-48(3,31-49)32-49)28-53-18-20-54(21-19-53)38-11-13-41(45(24-38)61-39-23-35-15-17-50-46(35)51-27-39)44(56)29-62(59,60)40-12-8-34(43(25-40)55(57)58)22-33-6-9-37(10-7-33)52(4)5/h8,11-13,15,17,23-25,27,33,37H,6-7,9-10,14,16,18-22,26,28-32H2,1-5H3,(H,50,51). The van der Waals surface area contributed by atoms with Gasteiger partial charge in [0.1, 0.15) is 22.9 Å². The number of benzene rings is 2. The van der Waals surface area contributed by atoms with Crippen LogP contribution in [0.15, 0.2) is 77.0 Å². The third-order valence-electron chi connectivity index (χ3n) is 15.1. The normalized spacial score (nSPS) is 26.3. The number of ketones is 1. The monoisotopic (exact) mass is 862 g/mol. The van der Waals surface area contributed by atoms with Gasteiger partial charge in [0.2, 0.25) is 0 Å². The number of hydrogen-bond donors (Lipinski definition) is 1. The molecule has 5 aliphatic carbocycles. The summed E-state index contributed by atoms with van der Waals surface area (Å²) in [6.07, 6.45) is 15.6. The largest absolute Gasteiger partial charge is 0.455 e. The minimum Gasteiger partial charge on any atom is -0.455 e. The van der Waals surface area contributed by atoms with Gasteiger partial charge < -0.3 is 19.5 Å². The number of aromatic amines is 1. The van der Waals surface area contributed by atoms with E-state index >= 15 is 0 Å². The molecule has 0 amide bonds. The van der Waals surface area contributed by atoms with Crippen LogP contribution in [-0.2, 0) is 16.3 Å². The number of nitro groups is 1. The lowest BCUT2D eigenvalue weighted by Crippen LogP contribution is -2.61. The van der Waals surface area contributed by atoms with Crippen molar-refractivity contribution < 1.29 is 22.9 Å². The number of Topliss-reactive ketones (excluding diaryl/α,β-unsaturated/α-hetero) is 1. The molecule has 0 atom stereocenters. The maximum atomic E-state index is 14.1. The van der Waals surface area contributed by atoms with Crippen LogP contribution < -0.4 is 9.64 Å². The van der Waals surface area contributed by atoms with E-state index in [-0.39, 0.29) is 21.9 Å². The van der Waals surface area contributed by atoms with Crippen molar-refractivity contribution in [3.8, 4) is 11.5 Å². The van der Waals surface area contributed by atoms with Gasteiger partial charge in [0.25, 0.3) is 5.69 Å². The Balaban J connectivity index is 0.918. The van der Waals surface area contributed by atoms with Gasteiger partial charge in [-0.15, -0.1) is 0 Å². The second-order valence-electron chi connectivity index (χ2n) is 20.7. The Bertz CT molecular complexity index is 2510. The first-order chi connectivity index (χ1) is 29.5. The first kappa shape index (κ1) is 42.7. The molecule has 4 saturated carbocycles. The zero-order valence-electron chi connectivity index (χ0n) is 37.0. The lowest BCUT2D eigenvalue weighted by molar-refractivity contribution is -0.385. The minimum absolute atomic E-state index is 0.117. The summed E-state index contributed by atoms with van der Waals surface area (Å²) >= 11 is 0. The molecule has 0 spiro atoms. The molecule has 13 heteroatoms. The molecule has 6 aliphatic rings. The molecular formula is C49H62N6O6S. The highest BCUT2D eigenvalue weighted by Crippen LogP contribution is 2.77. The lowest BCUT2D eigenvalue weighted by Gasteiger charge is -2.72. The summed E-state index contributed by atoms with van der Waals surface area (Å²) in [7, 11) is -0.105. The molecule has 62 heavy (non-hydrogen) atoms. The van der Waals surface area contributed by atoms with E-state index in [0.29, 0.717) is 51.6 Å². The van der Waals surface area contributed by atoms with Crippen molar-refractivity contribution in [2.24, 2.45) is 22.2 Å². The highest BCUT2D eigenvalue weighted by Gasteiger charge is 2.66. The average molecular weight is 863 g/mol. The van der Waals surface area contributed by atoms with E-state index in [4.69, 9.17) is 4.74 Å². The Hall–Kier alpha value is -4.59. The number of pyridine rings is 1. The Morgan fingerprint density at radius 2 is 1.73 bits per heavy atom. The van der Waals surface area contributed by atoms with Gasteiger partial charge in [0, 0.05) is 73.7 Å². The van der Waals surface area contributed by atoms with E-state index in [2.05, 4.69) is 59.5 Å². The number of nitro benzene ring substituents is 1. The van der Waals surface area contributed by atoms with E-state index in [1.165, 1.54) is 44.6 Å². The zero-order valence-corrected chi connectivity index (χ0v) is 37.9. The van der Waals surface area contributed by atoms with Crippen LogP contribution >= 0.6 is 0 Å². The van der Waals surface area contributed by atoms with Crippen molar-refractivity contribution in [1.29, 1.82) is 0 Å². The summed E-state index contributed by atoms with van der Waals surface area (Å²) in [5, 5.41) is 13.1. The van der Waals surface area contributed by atoms with Crippen molar-refractivity contribution in [2.45, 2.75) is 102 Å². The van der Waals surface area contributed by atoms with Crippen molar-refractivity contribution in [1.82, 2.24) is 19.8 Å². The molecule has 0 unspecified atom stereocenters. The van der Waals surface area contributed by atoms with Crippen LogP contribution in [0.4, 0.5) is 11.4 Å². The summed E-state index contributed by atoms with van der Waals surface area (Å²) in [5.74, 6) is -0.585. The van der Waals surface area contributed by atoms with Crippen LogP contribution in [0.25, 0.3) is 11.0 Å². The zero-order chi connectivity index (χ0) is 43.6. The van der Waals surface area contributed by atoms with Crippen molar-refractivity contribution in [3.05, 3.63) is 93.3 Å². The van der Waals surface area contributed by atoms with E-state index in [1.807, 2.05) is 24.3 Å². The van der Waals surface area contributed by atoms with Crippen molar-refractivity contribution in [3.63, 3.8) is 0 Å². The van der Waals surface area contributed by atoms with Crippen LogP contribution in [0.1, 0.15) is 101 Å². The molecular weight excluding hydrogens is 801 g/mol. The third kappa shape index (κ3) is 8.56. The molecule has 0 radical (unpaired) electrons. The number of nitrogens with one attached hydrogen (secondary N) is 1. The number of sulfone groups is 1. The molecule has 2 aromatic carbocycles. The van der Waals surface area contributed by atoms with Gasteiger partial charge in [0.15, 0.2) is 15.6 Å². The first-order valence-corrected chi connectivity index (χ1v) is 24.3. The number of carbonyl (C=O) groups is 1. The summed E-state index contributed by atoms with van der Waals surface area (Å²) < 4.78 is 34.2. The van der Waals surface area contributed by atoms with Gasteiger partial charge in [-0.25, -0.2) is 13.4 Å². The molecule has 4 aromatic rings. The minimum atomic E-state index is -4.26. The summed E-state index contributed by atoms with van der Waals surface area (Å²) in [5.41, 5.74) is 6.87. The Kier molecular flexibility index (Phi) is 11.2. The number of ether oxygens (including phenoxy) is 1. The number of fused-ring (bicyclic) bond motifs is 1. The third-order valence-corrected chi connectivity index (χ3v) is 16.7. The number of piperazine rings is 1. The predicted octanol–water partition coefficient (Wildman–Crippen LogP) is 9.40. The molecule has 5 fully saturated rings. The van der Waals surface area contributed by atoms with Gasteiger partial charge in [-0.3, -0.25) is 19.8 Å². The van der Waals surface area contributed by atoms with E-state index in [1.54, 1.807) is 35.7 Å². The fraction of sp³-hybridized carbons (Fsp3) is 0.551. The number of hydrogen-bond acceptors (Lipinski definition) is 10. The predicted molar refractivity (Wildman–Crippen MR) is 243 cm³/mol. The maximum Gasteiger partial charge on any atom is 0.273 e. The van der Waals surface area contributed by atoms with Crippen LogP contribution in [0, 0.1) is 32.3 Å². The quantitative estimate of drug-likeness (QED) is 0.0564. The van der Waals surface area contributed by atoms with Crippen molar-refractivity contribution >= 4 is 38.0 Å². The van der Waals surface area contributed by atoms with Gasteiger partial charge in [0.05, 0.1) is 21.6 Å². The van der Waals surface area contributed by atoms with Crippen molar-refractivity contribution in [2.75, 3.05) is 57.5 Å². The SMILES string of the molecule is CN(C)C1CCC(Cc2ccc(S(=O)(=O)CC(=O)c3ccc(N4CCN(CC5=C(C67CC(C)(C6)C7)CC(C)(C)CC5)CC4)cc3Oc3cnc4[nH]ccc4c3)cc2[N+](=O)[O-])CC1. The molecule has 3 heterocycles. The fourth-order valence-electron chi connectivity index (χ4n) is 11.8.